The first-order valence-corrected chi connectivity index (χ1v) is 13.1. The van der Waals surface area contributed by atoms with E-state index in [2.05, 4.69) is 15.4 Å². The summed E-state index contributed by atoms with van der Waals surface area (Å²) in [6.07, 6.45) is 1.37. The Morgan fingerprint density at radius 2 is 1.91 bits per heavy atom. The molecule has 0 saturated carbocycles. The molecule has 4 aromatic rings. The average molecular weight is 594 g/mol. The third-order valence-corrected chi connectivity index (χ3v) is 7.18. The first kappa shape index (κ1) is 29.5. The van der Waals surface area contributed by atoms with E-state index in [1.54, 1.807) is 12.1 Å². The monoisotopic (exact) mass is 593 g/mol. The Balaban J connectivity index is 1.55. The predicted octanol–water partition coefficient (Wildman–Crippen LogP) is 3.69. The summed E-state index contributed by atoms with van der Waals surface area (Å²) in [4.78, 5) is 42.3. The standard InChI is InChI=1S/C30H26F3N5O5/c1-15-17(8-18(31)11-23(15)33)10-24(27-19(4-3-7-35-27)16-5-6-22(32)20(9-16)29(34)40)36-26(39)12-38-28(30(41)42-2)21-13-43-14-25(21)37-38/h3-9,11,24H,10,12-14H2,1-2H3,(H2,34,40)(H,36,39). The highest BCUT2D eigenvalue weighted by atomic mass is 19.1. The van der Waals surface area contributed by atoms with Crippen molar-refractivity contribution in [3.05, 3.63) is 105 Å². The largest absolute Gasteiger partial charge is 0.464 e. The molecule has 1 aliphatic rings. The number of aromatic nitrogens is 3. The van der Waals surface area contributed by atoms with Gasteiger partial charge in [-0.2, -0.15) is 5.10 Å². The van der Waals surface area contributed by atoms with Crippen molar-refractivity contribution in [3.8, 4) is 11.1 Å². The molecule has 43 heavy (non-hydrogen) atoms. The third-order valence-electron chi connectivity index (χ3n) is 7.18. The van der Waals surface area contributed by atoms with Crippen LogP contribution >= 0.6 is 0 Å². The van der Waals surface area contributed by atoms with E-state index in [0.29, 0.717) is 22.4 Å². The number of nitrogens with one attached hydrogen (secondary N) is 1. The fraction of sp³-hybridized carbons (Fsp3) is 0.233. The van der Waals surface area contributed by atoms with Gasteiger partial charge < -0.3 is 20.5 Å². The highest BCUT2D eigenvalue weighted by Crippen LogP contribution is 2.31. The van der Waals surface area contributed by atoms with E-state index in [1.165, 1.54) is 37.0 Å². The highest BCUT2D eigenvalue weighted by Gasteiger charge is 2.30. The Morgan fingerprint density at radius 1 is 1.12 bits per heavy atom. The van der Waals surface area contributed by atoms with Crippen LogP contribution < -0.4 is 11.1 Å². The number of nitrogens with zero attached hydrogens (tertiary/aromatic N) is 3. The number of hydrogen-bond acceptors (Lipinski definition) is 7. The second-order valence-corrected chi connectivity index (χ2v) is 9.91. The molecule has 2 amide bonds. The number of esters is 1. The van der Waals surface area contributed by atoms with Crippen LogP contribution in [0, 0.1) is 24.4 Å². The summed E-state index contributed by atoms with van der Waals surface area (Å²) in [6.45, 7) is 1.40. The predicted molar refractivity (Wildman–Crippen MR) is 146 cm³/mol. The number of pyridine rings is 1. The zero-order valence-electron chi connectivity index (χ0n) is 23.1. The number of fused-ring (bicyclic) bond motifs is 1. The Kier molecular flexibility index (Phi) is 8.26. The van der Waals surface area contributed by atoms with E-state index in [4.69, 9.17) is 15.2 Å². The summed E-state index contributed by atoms with van der Waals surface area (Å²) in [7, 11) is 1.21. The van der Waals surface area contributed by atoms with E-state index < -0.39 is 47.8 Å². The van der Waals surface area contributed by atoms with Gasteiger partial charge in [0.2, 0.25) is 5.91 Å². The maximum Gasteiger partial charge on any atom is 0.356 e. The average Bonchev–Trinajstić information content (AvgIpc) is 3.56. The maximum absolute atomic E-state index is 14.5. The van der Waals surface area contributed by atoms with Crippen LogP contribution in [0.3, 0.4) is 0 Å². The van der Waals surface area contributed by atoms with Crippen LogP contribution in [0.2, 0.25) is 0 Å². The number of rotatable bonds is 9. The molecule has 0 saturated heterocycles. The molecule has 222 valence electrons. The van der Waals surface area contributed by atoms with Crippen LogP contribution in [0.5, 0.6) is 0 Å². The molecule has 1 aliphatic heterocycles. The molecular formula is C30H26F3N5O5. The van der Waals surface area contributed by atoms with Crippen molar-refractivity contribution in [2.75, 3.05) is 7.11 Å². The molecule has 5 rings (SSSR count). The lowest BCUT2D eigenvalue weighted by atomic mass is 9.93. The van der Waals surface area contributed by atoms with Crippen molar-refractivity contribution in [1.82, 2.24) is 20.1 Å². The van der Waals surface area contributed by atoms with Gasteiger partial charge >= 0.3 is 5.97 Å². The number of primary amides is 1. The second kappa shape index (κ2) is 12.1. The quantitative estimate of drug-likeness (QED) is 0.282. The summed E-state index contributed by atoms with van der Waals surface area (Å²) in [5.41, 5.74) is 7.60. The van der Waals surface area contributed by atoms with Gasteiger partial charge in [0.05, 0.1) is 43.3 Å². The number of hydrogen-bond donors (Lipinski definition) is 2. The molecule has 2 aromatic carbocycles. The summed E-state index contributed by atoms with van der Waals surface area (Å²) >= 11 is 0. The lowest BCUT2D eigenvalue weighted by Gasteiger charge is -2.23. The number of benzene rings is 2. The van der Waals surface area contributed by atoms with Gasteiger partial charge in [-0.15, -0.1) is 0 Å². The zero-order valence-corrected chi connectivity index (χ0v) is 23.1. The highest BCUT2D eigenvalue weighted by molar-refractivity contribution is 5.94. The van der Waals surface area contributed by atoms with Crippen LogP contribution in [-0.4, -0.2) is 39.7 Å². The molecule has 0 fully saturated rings. The van der Waals surface area contributed by atoms with Crippen LogP contribution in [0.15, 0.2) is 48.7 Å². The molecule has 0 bridgehead atoms. The topological polar surface area (TPSA) is 138 Å². The molecule has 2 aromatic heterocycles. The number of methoxy groups -OCH3 is 1. The number of halogens is 3. The van der Waals surface area contributed by atoms with Gasteiger partial charge in [-0.25, -0.2) is 22.6 Å². The molecule has 3 heterocycles. The van der Waals surface area contributed by atoms with Crippen molar-refractivity contribution < 1.29 is 37.0 Å². The van der Waals surface area contributed by atoms with Crippen LogP contribution in [-0.2, 0) is 40.4 Å². The molecule has 3 N–H and O–H groups in total. The van der Waals surface area contributed by atoms with Gasteiger partial charge in [0, 0.05) is 23.4 Å². The van der Waals surface area contributed by atoms with Crippen molar-refractivity contribution in [3.63, 3.8) is 0 Å². The lowest BCUT2D eigenvalue weighted by molar-refractivity contribution is -0.122. The summed E-state index contributed by atoms with van der Waals surface area (Å²) < 4.78 is 54.5. The SMILES string of the molecule is COC(=O)c1c2c(nn1CC(=O)NC(Cc1cc(F)cc(F)c1C)c1ncccc1-c1ccc(F)c(C(N)=O)c1)COC2. The molecule has 0 aliphatic carbocycles. The molecule has 0 radical (unpaired) electrons. The minimum absolute atomic E-state index is 0.0774. The minimum atomic E-state index is -0.974. The number of nitrogens with two attached hydrogens (primary N) is 1. The van der Waals surface area contributed by atoms with Crippen molar-refractivity contribution >= 4 is 17.8 Å². The Morgan fingerprint density at radius 3 is 2.65 bits per heavy atom. The number of carbonyl (C=O) groups is 3. The Hall–Kier alpha value is -5.04. The van der Waals surface area contributed by atoms with E-state index in [1.807, 2.05) is 0 Å². The molecule has 1 unspecified atom stereocenters. The van der Waals surface area contributed by atoms with E-state index >= 15 is 0 Å². The van der Waals surface area contributed by atoms with E-state index in [9.17, 15) is 27.6 Å². The summed E-state index contributed by atoms with van der Waals surface area (Å²) in [5, 5.41) is 7.18. The van der Waals surface area contributed by atoms with Gasteiger partial charge in [-0.3, -0.25) is 14.6 Å². The van der Waals surface area contributed by atoms with Crippen molar-refractivity contribution in [2.24, 2.45) is 5.73 Å². The van der Waals surface area contributed by atoms with E-state index in [0.717, 1.165) is 18.2 Å². The normalized spacial score (nSPS) is 13.0. The maximum atomic E-state index is 14.5. The second-order valence-electron chi connectivity index (χ2n) is 9.91. The summed E-state index contributed by atoms with van der Waals surface area (Å²) in [5.74, 6) is -4.64. The van der Waals surface area contributed by atoms with Gasteiger partial charge in [0.15, 0.2) is 5.69 Å². The minimum Gasteiger partial charge on any atom is -0.464 e. The number of ether oxygens (including phenoxy) is 2. The van der Waals surface area contributed by atoms with Gasteiger partial charge in [-0.1, -0.05) is 12.1 Å². The van der Waals surface area contributed by atoms with Gasteiger partial charge in [-0.05, 0) is 54.3 Å². The van der Waals surface area contributed by atoms with Crippen LogP contribution in [0.25, 0.3) is 11.1 Å². The lowest BCUT2D eigenvalue weighted by Crippen LogP contribution is -2.35. The third kappa shape index (κ3) is 5.97. The fourth-order valence-electron chi connectivity index (χ4n) is 5.05. The van der Waals surface area contributed by atoms with Gasteiger partial charge in [0.25, 0.3) is 5.91 Å². The summed E-state index contributed by atoms with van der Waals surface area (Å²) in [6, 6.07) is 7.97. The van der Waals surface area contributed by atoms with E-state index in [-0.39, 0.29) is 47.7 Å². The Bertz CT molecular complexity index is 1760. The van der Waals surface area contributed by atoms with Crippen molar-refractivity contribution in [1.29, 1.82) is 0 Å². The molecule has 0 spiro atoms. The smallest absolute Gasteiger partial charge is 0.356 e. The molecule has 10 nitrogen and oxygen atoms in total. The van der Waals surface area contributed by atoms with Crippen LogP contribution in [0.1, 0.15) is 55.0 Å². The first-order chi connectivity index (χ1) is 20.6. The molecule has 1 atom stereocenters. The fourth-order valence-corrected chi connectivity index (χ4v) is 5.05. The number of carbonyl (C=O) groups excluding carboxylic acids is 3. The first-order valence-electron chi connectivity index (χ1n) is 13.1. The molecule has 13 heteroatoms. The van der Waals surface area contributed by atoms with Crippen LogP contribution in [0.4, 0.5) is 13.2 Å². The Labute approximate surface area is 243 Å². The van der Waals surface area contributed by atoms with Crippen molar-refractivity contribution in [2.45, 2.75) is 39.1 Å². The number of amides is 2. The van der Waals surface area contributed by atoms with Gasteiger partial charge in [0.1, 0.15) is 24.0 Å². The molecular weight excluding hydrogens is 567 g/mol. The zero-order chi connectivity index (χ0) is 30.8.